The molecule has 1 aliphatic rings. The fourth-order valence-electron chi connectivity index (χ4n) is 4.08. The molecule has 0 saturated carbocycles. The summed E-state index contributed by atoms with van der Waals surface area (Å²) in [6.07, 6.45) is -3.91. The van der Waals surface area contributed by atoms with Crippen LogP contribution in [0.3, 0.4) is 0 Å². The van der Waals surface area contributed by atoms with E-state index in [9.17, 15) is 23.1 Å². The van der Waals surface area contributed by atoms with E-state index in [1.165, 1.54) is 22.5 Å². The summed E-state index contributed by atoms with van der Waals surface area (Å²) in [6.45, 7) is 9.50. The largest absolute Gasteiger partial charge is 0.462 e. The molecule has 38 heavy (non-hydrogen) atoms. The maximum absolute atomic E-state index is 12.9. The number of nitrogens with two attached hydrogens (primary N) is 1. The van der Waals surface area contributed by atoms with Gasteiger partial charge in [-0.05, 0) is 42.8 Å². The molecule has 204 valence electrons. The zero-order chi connectivity index (χ0) is 27.9. The molecule has 2 aromatic rings. The van der Waals surface area contributed by atoms with Gasteiger partial charge in [-0.3, -0.25) is 4.90 Å². The summed E-state index contributed by atoms with van der Waals surface area (Å²) in [5.74, 6) is -0.131. The molecule has 2 aromatic carbocycles. The van der Waals surface area contributed by atoms with Crippen molar-refractivity contribution in [3.05, 3.63) is 59.7 Å². The van der Waals surface area contributed by atoms with Crippen LogP contribution in [0.15, 0.2) is 53.6 Å². The summed E-state index contributed by atoms with van der Waals surface area (Å²) < 4.78 is 40.5. The minimum absolute atomic E-state index is 0.0357. The third kappa shape index (κ3) is 7.68. The van der Waals surface area contributed by atoms with E-state index in [-0.39, 0.29) is 23.5 Å². The van der Waals surface area contributed by atoms with Crippen LogP contribution in [0.5, 0.6) is 0 Å². The summed E-state index contributed by atoms with van der Waals surface area (Å²) in [6, 6.07) is 12.6. The Morgan fingerprint density at radius 3 is 2.16 bits per heavy atom. The number of likely N-dealkylation sites (N-methyl/N-ethyl adjacent to an activating group) is 1. The number of nitrogens with zero attached hydrogens (tertiary/aromatic N) is 4. The summed E-state index contributed by atoms with van der Waals surface area (Å²) in [5.41, 5.74) is 2.11. The second-order valence-corrected chi connectivity index (χ2v) is 9.36. The summed E-state index contributed by atoms with van der Waals surface area (Å²) in [5, 5.41) is 18.5. The first-order valence-corrected chi connectivity index (χ1v) is 13.0. The van der Waals surface area contributed by atoms with Gasteiger partial charge in [0.2, 0.25) is 0 Å². The molecule has 1 heterocycles. The van der Waals surface area contributed by atoms with E-state index >= 15 is 0 Å². The molecule has 0 aliphatic carbocycles. The van der Waals surface area contributed by atoms with Gasteiger partial charge in [0.25, 0.3) is 5.11 Å². The van der Waals surface area contributed by atoms with Crippen LogP contribution in [-0.4, -0.2) is 74.9 Å². The highest BCUT2D eigenvalue weighted by molar-refractivity contribution is 7.79. The molecular weight excluding hydrogens is 515 g/mol. The van der Waals surface area contributed by atoms with Gasteiger partial charge in [-0.25, -0.2) is 10.1 Å². The zero-order valence-corrected chi connectivity index (χ0v) is 22.6. The summed E-state index contributed by atoms with van der Waals surface area (Å²) in [4.78, 5) is 14.3. The van der Waals surface area contributed by atoms with Crippen LogP contribution in [0.25, 0.3) is 11.1 Å². The number of rotatable bonds is 11. The van der Waals surface area contributed by atoms with Gasteiger partial charge in [0.15, 0.2) is 25.3 Å². The lowest BCUT2D eigenvalue weighted by Crippen LogP contribution is -2.96. The third-order valence-corrected chi connectivity index (χ3v) is 6.81. The first kappa shape index (κ1) is 29.4. The minimum Gasteiger partial charge on any atom is -0.462 e. The molecule has 0 atom stereocenters. The summed E-state index contributed by atoms with van der Waals surface area (Å²) in [7, 11) is 0. The number of thiocarbonyl (C=S) groups is 1. The van der Waals surface area contributed by atoms with Gasteiger partial charge in [0.1, 0.15) is 0 Å². The van der Waals surface area contributed by atoms with Crippen LogP contribution in [0.4, 0.5) is 13.2 Å². The van der Waals surface area contributed by atoms with Crippen molar-refractivity contribution in [3.63, 3.8) is 0 Å². The van der Waals surface area contributed by atoms with Crippen molar-refractivity contribution in [3.8, 4) is 11.1 Å². The maximum atomic E-state index is 12.9. The molecule has 0 aromatic heterocycles. The van der Waals surface area contributed by atoms with Crippen molar-refractivity contribution in [1.82, 2.24) is 9.91 Å². The average Bonchev–Trinajstić information content (AvgIpc) is 2.90. The van der Waals surface area contributed by atoms with Crippen LogP contribution in [0, 0.1) is 0 Å². The third-order valence-electron chi connectivity index (χ3n) is 6.48. The number of quaternary nitrogens is 1. The molecule has 0 bridgehead atoms. The molecule has 0 spiro atoms. The predicted octanol–water partition coefficient (Wildman–Crippen LogP) is 3.64. The molecule has 0 radical (unpaired) electrons. The minimum atomic E-state index is -4.37. The molecule has 11 heteroatoms. The number of hydrazone groups is 1. The van der Waals surface area contributed by atoms with E-state index in [1.807, 2.05) is 35.8 Å². The van der Waals surface area contributed by atoms with E-state index in [2.05, 4.69) is 23.8 Å². The van der Waals surface area contributed by atoms with Crippen molar-refractivity contribution < 1.29 is 33.0 Å². The Bertz CT molecular complexity index is 1190. The fourth-order valence-corrected chi connectivity index (χ4v) is 4.29. The maximum Gasteiger partial charge on any atom is 0.416 e. The van der Waals surface area contributed by atoms with Crippen LogP contribution in [-0.2, 0) is 17.5 Å². The van der Waals surface area contributed by atoms with Crippen molar-refractivity contribution in [1.29, 1.82) is 0 Å². The molecule has 1 amide bonds. The number of carbonyl (C=O) groups is 1. The van der Waals surface area contributed by atoms with Gasteiger partial charge < -0.3 is 5.11 Å². The number of aliphatic hydroxyl groups is 1. The molecule has 0 unspecified atom stereocenters. The number of alkyl halides is 3. The van der Waals surface area contributed by atoms with Crippen molar-refractivity contribution in [2.45, 2.75) is 39.9 Å². The van der Waals surface area contributed by atoms with Crippen molar-refractivity contribution >= 4 is 34.8 Å². The number of carbonyl (C=O) groups excluding carboxylic acids is 1. The monoisotopic (exact) mass is 549 g/mol. The van der Waals surface area contributed by atoms with Gasteiger partial charge in [-0.2, -0.15) is 27.9 Å². The Labute approximate surface area is 226 Å². The van der Waals surface area contributed by atoms with E-state index in [0.29, 0.717) is 30.8 Å². The fraction of sp³-hybridized carbons (Fsp3) is 0.407. The van der Waals surface area contributed by atoms with Crippen LogP contribution in [0.1, 0.15) is 38.3 Å². The predicted molar refractivity (Wildman–Crippen MR) is 145 cm³/mol. The second kappa shape index (κ2) is 13.1. The van der Waals surface area contributed by atoms with Crippen LogP contribution in [0.2, 0.25) is 0 Å². The quantitative estimate of drug-likeness (QED) is 0.194. The molecule has 3 N–H and O–H groups in total. The van der Waals surface area contributed by atoms with E-state index in [0.717, 1.165) is 42.9 Å². The first-order chi connectivity index (χ1) is 18.0. The summed E-state index contributed by atoms with van der Waals surface area (Å²) >= 11 is 5.30. The van der Waals surface area contributed by atoms with Crippen molar-refractivity contribution in [2.75, 3.05) is 32.7 Å². The number of primary amides is 1. The Kier molecular flexibility index (Phi) is 10.1. The van der Waals surface area contributed by atoms with E-state index in [1.54, 1.807) is 0 Å². The Morgan fingerprint density at radius 2 is 1.63 bits per heavy atom. The zero-order valence-electron chi connectivity index (χ0n) is 21.8. The lowest BCUT2D eigenvalue weighted by molar-refractivity contribution is -0.552. The Balaban J connectivity index is 1.82. The molecule has 3 rings (SSSR count). The molecular formula is C27H34F3N5O2S+2. The number of amides is 1. The smallest absolute Gasteiger partial charge is 0.416 e. The Morgan fingerprint density at radius 1 is 1.05 bits per heavy atom. The topological polar surface area (TPSA) is 75.8 Å². The molecule has 1 aliphatic heterocycles. The number of halogens is 3. The van der Waals surface area contributed by atoms with Crippen LogP contribution >= 0.6 is 12.2 Å². The SMILES string of the molecule is CCC1=NN(CC(O)=[N+](CCN(CC)CC)Cc2ccc(-c3ccc(C(F)(F)F)cc3)cc2)C(=S)[NH2+]C1=O. The Hall–Kier alpha value is -3.15. The standard InChI is InChI=1S/C27H32F3N5O2S/c1-4-23-25(37)31-26(38)35(32-23)18-24(36)34(16-15-33(5-2)6-3)17-19-7-9-20(10-8-19)21-11-13-22(14-12-21)27(28,29)30/h7-14H,4-6,15-18H2,1-3H3,(H,31,37,38)/p+2. The molecule has 0 saturated heterocycles. The highest BCUT2D eigenvalue weighted by Crippen LogP contribution is 2.31. The lowest BCUT2D eigenvalue weighted by atomic mass is 10.0. The number of benzene rings is 2. The van der Waals surface area contributed by atoms with Crippen LogP contribution < -0.4 is 5.32 Å². The van der Waals surface area contributed by atoms with Gasteiger partial charge in [-0.1, -0.05) is 57.2 Å². The molecule has 0 fully saturated rings. The average molecular weight is 550 g/mol. The number of hydrogen-bond donors (Lipinski definition) is 2. The van der Waals surface area contributed by atoms with Gasteiger partial charge in [0, 0.05) is 17.8 Å². The van der Waals surface area contributed by atoms with Gasteiger partial charge >= 0.3 is 18.0 Å². The van der Waals surface area contributed by atoms with E-state index in [4.69, 9.17) is 12.2 Å². The van der Waals surface area contributed by atoms with Gasteiger partial charge in [-0.15, -0.1) is 0 Å². The highest BCUT2D eigenvalue weighted by Gasteiger charge is 2.31. The number of hydrogen-bond acceptors (Lipinski definition) is 4. The second-order valence-electron chi connectivity index (χ2n) is 8.94. The van der Waals surface area contributed by atoms with E-state index < -0.39 is 11.7 Å². The normalized spacial score (nSPS) is 15.1. The van der Waals surface area contributed by atoms with Gasteiger partial charge in [0.05, 0.1) is 12.1 Å². The number of aliphatic hydroxyl groups excluding tert-OH is 1. The highest BCUT2D eigenvalue weighted by atomic mass is 32.1. The first-order valence-electron chi connectivity index (χ1n) is 12.6. The molecule has 7 nitrogen and oxygen atoms in total. The van der Waals surface area contributed by atoms with Crippen molar-refractivity contribution in [2.24, 2.45) is 5.10 Å². The lowest BCUT2D eigenvalue weighted by Gasteiger charge is -2.21.